The van der Waals surface area contributed by atoms with Crippen LogP contribution in [0.2, 0.25) is 0 Å². The number of likely N-dealkylation sites (tertiary alicyclic amines) is 1. The van der Waals surface area contributed by atoms with Crippen molar-refractivity contribution in [1.82, 2.24) is 24.6 Å². The lowest BCUT2D eigenvalue weighted by atomic mass is 10.1. The molecule has 0 bridgehead atoms. The van der Waals surface area contributed by atoms with Gasteiger partial charge in [-0.05, 0) is 57.1 Å². The first kappa shape index (κ1) is 24.1. The van der Waals surface area contributed by atoms with E-state index in [1.165, 1.54) is 32.4 Å². The second kappa shape index (κ2) is 11.0. The number of benzene rings is 2. The fourth-order valence-corrected chi connectivity index (χ4v) is 4.85. The number of fused-ring (bicyclic) bond motifs is 1. The molecule has 0 spiro atoms. The van der Waals surface area contributed by atoms with E-state index in [1.54, 1.807) is 18.9 Å². The van der Waals surface area contributed by atoms with E-state index in [9.17, 15) is 0 Å². The zero-order valence-electron chi connectivity index (χ0n) is 21.4. The molecule has 0 N–H and O–H groups in total. The van der Waals surface area contributed by atoms with Gasteiger partial charge in [-0.2, -0.15) is 5.10 Å². The first-order valence-corrected chi connectivity index (χ1v) is 12.6. The Bertz CT molecular complexity index is 1290. The predicted molar refractivity (Wildman–Crippen MR) is 143 cm³/mol. The van der Waals surface area contributed by atoms with E-state index in [1.807, 2.05) is 37.8 Å². The summed E-state index contributed by atoms with van der Waals surface area (Å²) in [4.78, 5) is 14.5. The van der Waals surface area contributed by atoms with Crippen LogP contribution in [0, 0.1) is 0 Å². The maximum Gasteiger partial charge on any atom is 0.124 e. The minimum absolute atomic E-state index is 0.768. The summed E-state index contributed by atoms with van der Waals surface area (Å²) in [5.41, 5.74) is 5.57. The van der Waals surface area contributed by atoms with Gasteiger partial charge in [-0.25, -0.2) is 4.98 Å². The first-order chi connectivity index (χ1) is 17.6. The van der Waals surface area contributed by atoms with Crippen molar-refractivity contribution in [2.24, 2.45) is 7.05 Å². The smallest absolute Gasteiger partial charge is 0.124 e. The highest BCUT2D eigenvalue weighted by molar-refractivity contribution is 5.82. The van der Waals surface area contributed by atoms with E-state index in [0.717, 1.165) is 64.7 Å². The van der Waals surface area contributed by atoms with Crippen molar-refractivity contribution in [3.63, 3.8) is 0 Å². The van der Waals surface area contributed by atoms with Crippen molar-refractivity contribution in [3.05, 3.63) is 55.0 Å². The van der Waals surface area contributed by atoms with Gasteiger partial charge in [-0.1, -0.05) is 6.42 Å². The number of hydrogen-bond acceptors (Lipinski definition) is 7. The third-order valence-corrected chi connectivity index (χ3v) is 6.79. The molecule has 3 heterocycles. The largest absolute Gasteiger partial charge is 0.497 e. The van der Waals surface area contributed by atoms with Crippen molar-refractivity contribution >= 4 is 22.4 Å². The molecule has 4 aromatic rings. The number of aromatic nitrogens is 4. The summed E-state index contributed by atoms with van der Waals surface area (Å²) in [6, 6.07) is 12.3. The Morgan fingerprint density at radius 1 is 0.889 bits per heavy atom. The topological polar surface area (TPSA) is 68.5 Å². The van der Waals surface area contributed by atoms with E-state index >= 15 is 0 Å². The summed E-state index contributed by atoms with van der Waals surface area (Å²) in [7, 11) is 5.27. The summed E-state index contributed by atoms with van der Waals surface area (Å²) in [5.74, 6) is 1.54. The van der Waals surface area contributed by atoms with Gasteiger partial charge in [0.25, 0.3) is 0 Å². The number of anilines is 2. The number of ether oxygens (including phenoxy) is 2. The number of rotatable bonds is 9. The monoisotopic (exact) mass is 486 g/mol. The van der Waals surface area contributed by atoms with Crippen LogP contribution in [0.1, 0.15) is 25.7 Å². The van der Waals surface area contributed by atoms with Gasteiger partial charge in [0, 0.05) is 54.9 Å². The zero-order valence-corrected chi connectivity index (χ0v) is 21.4. The van der Waals surface area contributed by atoms with Crippen molar-refractivity contribution < 1.29 is 9.47 Å². The Balaban J connectivity index is 1.48. The van der Waals surface area contributed by atoms with Gasteiger partial charge in [0.05, 0.1) is 43.3 Å². The molecule has 188 valence electrons. The molecule has 0 amide bonds. The van der Waals surface area contributed by atoms with E-state index in [2.05, 4.69) is 44.1 Å². The van der Waals surface area contributed by atoms with E-state index in [4.69, 9.17) is 14.5 Å². The van der Waals surface area contributed by atoms with Gasteiger partial charge in [0.2, 0.25) is 0 Å². The molecule has 0 aliphatic carbocycles. The van der Waals surface area contributed by atoms with Crippen LogP contribution < -0.4 is 14.4 Å². The third-order valence-electron chi connectivity index (χ3n) is 6.79. The van der Waals surface area contributed by atoms with Crippen LogP contribution in [0.25, 0.3) is 22.3 Å². The fraction of sp³-hybridized carbons (Fsp3) is 0.393. The Morgan fingerprint density at radius 3 is 2.36 bits per heavy atom. The Morgan fingerprint density at radius 2 is 1.67 bits per heavy atom. The van der Waals surface area contributed by atoms with Crippen molar-refractivity contribution in [2.45, 2.75) is 25.7 Å². The summed E-state index contributed by atoms with van der Waals surface area (Å²) in [5, 5.41) is 4.28. The Hall–Kier alpha value is -3.65. The number of aryl methyl sites for hydroxylation is 1. The van der Waals surface area contributed by atoms with Crippen molar-refractivity contribution in [1.29, 1.82) is 0 Å². The molecule has 2 aromatic carbocycles. The normalized spacial score (nSPS) is 14.2. The lowest BCUT2D eigenvalue weighted by Crippen LogP contribution is -2.32. The highest BCUT2D eigenvalue weighted by Crippen LogP contribution is 2.34. The van der Waals surface area contributed by atoms with Crippen LogP contribution in [0.3, 0.4) is 0 Å². The third kappa shape index (κ3) is 5.44. The van der Waals surface area contributed by atoms with Crippen LogP contribution in [0.5, 0.6) is 11.5 Å². The van der Waals surface area contributed by atoms with Crippen LogP contribution in [-0.2, 0) is 7.05 Å². The fourth-order valence-electron chi connectivity index (χ4n) is 4.85. The first-order valence-electron chi connectivity index (χ1n) is 12.6. The quantitative estimate of drug-likeness (QED) is 0.327. The second-order valence-corrected chi connectivity index (χ2v) is 9.31. The molecule has 8 nitrogen and oxygen atoms in total. The summed E-state index contributed by atoms with van der Waals surface area (Å²) >= 11 is 0. The van der Waals surface area contributed by atoms with Crippen LogP contribution in [-0.4, -0.2) is 65.0 Å². The van der Waals surface area contributed by atoms with Crippen LogP contribution in [0.15, 0.2) is 55.0 Å². The summed E-state index contributed by atoms with van der Waals surface area (Å²) in [6.45, 7) is 4.37. The van der Waals surface area contributed by atoms with Gasteiger partial charge in [-0.15, -0.1) is 0 Å². The zero-order chi connectivity index (χ0) is 24.9. The van der Waals surface area contributed by atoms with Crippen molar-refractivity contribution in [2.75, 3.05) is 45.3 Å². The Labute approximate surface area is 212 Å². The molecule has 36 heavy (non-hydrogen) atoms. The molecule has 8 heteroatoms. The molecule has 0 unspecified atom stereocenters. The van der Waals surface area contributed by atoms with E-state index in [-0.39, 0.29) is 0 Å². The minimum atomic E-state index is 0.768. The SMILES string of the molecule is COc1cc(OC)cc(N(CCCN2CCCCC2)c2ccc3ncc(-c4cnn(C)c4)nc3c2)c1. The molecule has 1 fully saturated rings. The lowest BCUT2D eigenvalue weighted by molar-refractivity contribution is 0.227. The molecule has 0 saturated carbocycles. The highest BCUT2D eigenvalue weighted by Gasteiger charge is 2.16. The molecule has 1 saturated heterocycles. The second-order valence-electron chi connectivity index (χ2n) is 9.31. The number of methoxy groups -OCH3 is 2. The highest BCUT2D eigenvalue weighted by atomic mass is 16.5. The molecule has 1 aliphatic rings. The van der Waals surface area contributed by atoms with Gasteiger partial charge < -0.3 is 19.3 Å². The lowest BCUT2D eigenvalue weighted by Gasteiger charge is -2.29. The molecule has 2 aromatic heterocycles. The molecule has 0 atom stereocenters. The van der Waals surface area contributed by atoms with Gasteiger partial charge >= 0.3 is 0 Å². The van der Waals surface area contributed by atoms with Gasteiger partial charge in [0.15, 0.2) is 0 Å². The van der Waals surface area contributed by atoms with Crippen LogP contribution >= 0.6 is 0 Å². The maximum atomic E-state index is 5.57. The Kier molecular flexibility index (Phi) is 7.32. The molecular formula is C28H34N6O2. The molecule has 1 aliphatic heterocycles. The number of nitrogens with zero attached hydrogens (tertiary/aromatic N) is 6. The average molecular weight is 487 g/mol. The maximum absolute atomic E-state index is 5.57. The summed E-state index contributed by atoms with van der Waals surface area (Å²) in [6.07, 6.45) is 10.6. The van der Waals surface area contributed by atoms with Gasteiger partial charge in [0.1, 0.15) is 11.5 Å². The molecular weight excluding hydrogens is 452 g/mol. The molecule has 5 rings (SSSR count). The average Bonchev–Trinajstić information content (AvgIpc) is 3.37. The summed E-state index contributed by atoms with van der Waals surface area (Å²) < 4.78 is 12.9. The number of hydrogen-bond donors (Lipinski definition) is 0. The van der Waals surface area contributed by atoms with E-state index in [0.29, 0.717) is 0 Å². The van der Waals surface area contributed by atoms with E-state index < -0.39 is 0 Å². The van der Waals surface area contributed by atoms with Crippen molar-refractivity contribution in [3.8, 4) is 22.8 Å². The van der Waals surface area contributed by atoms with Crippen LogP contribution in [0.4, 0.5) is 11.4 Å². The van der Waals surface area contributed by atoms with Gasteiger partial charge in [-0.3, -0.25) is 9.67 Å². The minimum Gasteiger partial charge on any atom is -0.497 e. The predicted octanol–water partition coefficient (Wildman–Crippen LogP) is 5.06. The standard InChI is InChI=1S/C28H34N6O2/c1-32-20-21(18-30-32)28-19-29-26-9-8-22(16-27(26)31-28)34(13-7-12-33-10-5-4-6-11-33)23-14-24(35-2)17-25(15-23)36-3/h8-9,14-20H,4-7,10-13H2,1-3H3. The number of piperidine rings is 1. The molecule has 0 radical (unpaired) electrons.